The van der Waals surface area contributed by atoms with Gasteiger partial charge in [0.2, 0.25) is 0 Å². The Morgan fingerprint density at radius 3 is 3.12 bits per heavy atom. The lowest BCUT2D eigenvalue weighted by molar-refractivity contribution is 0.0943. The molecule has 0 spiro atoms. The van der Waals surface area contributed by atoms with Gasteiger partial charge in [-0.3, -0.25) is 4.79 Å². The van der Waals surface area contributed by atoms with Crippen LogP contribution < -0.4 is 10.6 Å². The Labute approximate surface area is 105 Å². The second-order valence-electron chi connectivity index (χ2n) is 3.57. The van der Waals surface area contributed by atoms with E-state index in [9.17, 15) is 4.79 Å². The zero-order valence-corrected chi connectivity index (χ0v) is 10.7. The van der Waals surface area contributed by atoms with Gasteiger partial charge in [0.25, 0.3) is 5.91 Å². The van der Waals surface area contributed by atoms with Crippen LogP contribution in [-0.2, 0) is 6.42 Å². The number of rotatable bonds is 3. The predicted octanol–water partition coefficient (Wildman–Crippen LogP) is 0.614. The lowest BCUT2D eigenvalue weighted by atomic mass is 10.2. The molecule has 0 radical (unpaired) electrons. The second-order valence-corrected chi connectivity index (χ2v) is 4.32. The minimum absolute atomic E-state index is 0. The molecule has 1 atom stereocenters. The molecular formula is C9H15ClN4OS. The van der Waals surface area contributed by atoms with Crippen LogP contribution in [0, 0.1) is 0 Å². The SMILES string of the molecule is CCc1nnsc1C(=O)NC1CCNC1.Cl. The van der Waals surface area contributed by atoms with E-state index in [1.807, 2.05) is 6.92 Å². The molecule has 1 unspecified atom stereocenters. The first-order valence-corrected chi connectivity index (χ1v) is 5.91. The number of hydrogen-bond acceptors (Lipinski definition) is 5. The summed E-state index contributed by atoms with van der Waals surface area (Å²) in [6.45, 7) is 3.82. The van der Waals surface area contributed by atoms with E-state index in [1.165, 1.54) is 11.5 Å². The quantitative estimate of drug-likeness (QED) is 0.838. The van der Waals surface area contributed by atoms with Gasteiger partial charge in [-0.15, -0.1) is 17.5 Å². The van der Waals surface area contributed by atoms with Gasteiger partial charge in [0, 0.05) is 12.6 Å². The molecule has 16 heavy (non-hydrogen) atoms. The molecule has 1 aliphatic rings. The molecule has 2 N–H and O–H groups in total. The van der Waals surface area contributed by atoms with E-state index in [4.69, 9.17) is 0 Å². The van der Waals surface area contributed by atoms with Crippen molar-refractivity contribution in [3.8, 4) is 0 Å². The van der Waals surface area contributed by atoms with Crippen LogP contribution in [0.4, 0.5) is 0 Å². The highest BCUT2D eigenvalue weighted by Crippen LogP contribution is 2.11. The van der Waals surface area contributed by atoms with Crippen LogP contribution in [0.1, 0.15) is 28.7 Å². The van der Waals surface area contributed by atoms with Crippen molar-refractivity contribution < 1.29 is 4.79 Å². The molecule has 0 saturated carbocycles. The fourth-order valence-electron chi connectivity index (χ4n) is 1.64. The standard InChI is InChI=1S/C9H14N4OS.ClH/c1-2-7-8(15-13-12-7)9(14)11-6-3-4-10-5-6;/h6,10H,2-5H2,1H3,(H,11,14);1H. The number of carbonyl (C=O) groups excluding carboxylic acids is 1. The van der Waals surface area contributed by atoms with E-state index < -0.39 is 0 Å². The zero-order valence-electron chi connectivity index (χ0n) is 9.02. The third-order valence-electron chi connectivity index (χ3n) is 2.49. The summed E-state index contributed by atoms with van der Waals surface area (Å²) in [4.78, 5) is 12.5. The molecule has 5 nitrogen and oxygen atoms in total. The number of hydrogen-bond donors (Lipinski definition) is 2. The number of nitrogens with zero attached hydrogens (tertiary/aromatic N) is 2. The molecular weight excluding hydrogens is 248 g/mol. The molecule has 7 heteroatoms. The van der Waals surface area contributed by atoms with Crippen molar-refractivity contribution in [2.75, 3.05) is 13.1 Å². The lowest BCUT2D eigenvalue weighted by Gasteiger charge is -2.09. The number of carbonyl (C=O) groups is 1. The normalized spacial score (nSPS) is 19.2. The van der Waals surface area contributed by atoms with Crippen LogP contribution in [0.5, 0.6) is 0 Å². The van der Waals surface area contributed by atoms with E-state index in [0.29, 0.717) is 4.88 Å². The zero-order chi connectivity index (χ0) is 10.7. The molecule has 1 saturated heterocycles. The summed E-state index contributed by atoms with van der Waals surface area (Å²) >= 11 is 1.17. The van der Waals surface area contributed by atoms with E-state index in [1.54, 1.807) is 0 Å². The van der Waals surface area contributed by atoms with Crippen molar-refractivity contribution in [2.45, 2.75) is 25.8 Å². The van der Waals surface area contributed by atoms with Gasteiger partial charge in [0.1, 0.15) is 4.88 Å². The highest BCUT2D eigenvalue weighted by atomic mass is 35.5. The van der Waals surface area contributed by atoms with E-state index >= 15 is 0 Å². The maximum Gasteiger partial charge on any atom is 0.265 e. The van der Waals surface area contributed by atoms with Crippen LogP contribution in [0.3, 0.4) is 0 Å². The fourth-order valence-corrected chi connectivity index (χ4v) is 2.29. The molecule has 1 aromatic heterocycles. The maximum atomic E-state index is 11.8. The summed E-state index contributed by atoms with van der Waals surface area (Å²) in [6.07, 6.45) is 1.75. The third-order valence-corrected chi connectivity index (χ3v) is 3.26. The maximum absolute atomic E-state index is 11.8. The first kappa shape index (κ1) is 13.3. The fraction of sp³-hybridized carbons (Fsp3) is 0.667. The number of aryl methyl sites for hydroxylation is 1. The summed E-state index contributed by atoms with van der Waals surface area (Å²) < 4.78 is 3.80. The summed E-state index contributed by atoms with van der Waals surface area (Å²) in [5.74, 6) is -0.0319. The van der Waals surface area contributed by atoms with Gasteiger partial charge in [-0.05, 0) is 30.9 Å². The van der Waals surface area contributed by atoms with Gasteiger partial charge in [-0.25, -0.2) is 0 Å². The van der Waals surface area contributed by atoms with Crippen molar-refractivity contribution in [3.63, 3.8) is 0 Å². The number of halogens is 1. The Balaban J connectivity index is 0.00000128. The van der Waals surface area contributed by atoms with Gasteiger partial charge >= 0.3 is 0 Å². The minimum atomic E-state index is -0.0319. The van der Waals surface area contributed by atoms with Gasteiger partial charge < -0.3 is 10.6 Å². The topological polar surface area (TPSA) is 66.9 Å². The van der Waals surface area contributed by atoms with Crippen molar-refractivity contribution in [1.82, 2.24) is 20.2 Å². The molecule has 0 aromatic carbocycles. The van der Waals surface area contributed by atoms with E-state index in [-0.39, 0.29) is 24.4 Å². The van der Waals surface area contributed by atoms with Gasteiger partial charge in [-0.1, -0.05) is 11.4 Å². The van der Waals surface area contributed by atoms with Crippen LogP contribution in [0.15, 0.2) is 0 Å². The van der Waals surface area contributed by atoms with Crippen LogP contribution in [0.2, 0.25) is 0 Å². The van der Waals surface area contributed by atoms with Gasteiger partial charge in [0.15, 0.2) is 0 Å². The van der Waals surface area contributed by atoms with Gasteiger partial charge in [-0.2, -0.15) is 0 Å². The Morgan fingerprint density at radius 2 is 2.50 bits per heavy atom. The molecule has 0 bridgehead atoms. The van der Waals surface area contributed by atoms with Crippen LogP contribution >= 0.6 is 23.9 Å². The number of aromatic nitrogens is 2. The number of amides is 1. The smallest absolute Gasteiger partial charge is 0.265 e. The van der Waals surface area contributed by atoms with Gasteiger partial charge in [0.05, 0.1) is 5.69 Å². The number of nitrogens with one attached hydrogen (secondary N) is 2. The average molecular weight is 263 g/mol. The predicted molar refractivity (Wildman–Crippen MR) is 65.3 cm³/mol. The summed E-state index contributed by atoms with van der Waals surface area (Å²) in [5.41, 5.74) is 0.795. The molecule has 0 aliphatic carbocycles. The summed E-state index contributed by atoms with van der Waals surface area (Å²) in [6, 6.07) is 0.254. The van der Waals surface area contributed by atoms with Crippen molar-refractivity contribution in [1.29, 1.82) is 0 Å². The van der Waals surface area contributed by atoms with Crippen LogP contribution in [-0.4, -0.2) is 34.6 Å². The largest absolute Gasteiger partial charge is 0.347 e. The Kier molecular flexibility index (Phi) is 5.11. The van der Waals surface area contributed by atoms with Crippen molar-refractivity contribution >= 4 is 29.8 Å². The molecule has 90 valence electrons. The summed E-state index contributed by atoms with van der Waals surface area (Å²) in [5, 5.41) is 10.1. The molecule has 2 heterocycles. The van der Waals surface area contributed by atoms with Crippen molar-refractivity contribution in [3.05, 3.63) is 10.6 Å². The minimum Gasteiger partial charge on any atom is -0.347 e. The third kappa shape index (κ3) is 2.90. The highest BCUT2D eigenvalue weighted by Gasteiger charge is 2.20. The molecule has 1 amide bonds. The highest BCUT2D eigenvalue weighted by molar-refractivity contribution is 7.08. The monoisotopic (exact) mass is 262 g/mol. The molecule has 2 rings (SSSR count). The summed E-state index contributed by atoms with van der Waals surface area (Å²) in [7, 11) is 0. The lowest BCUT2D eigenvalue weighted by Crippen LogP contribution is -2.36. The first-order chi connectivity index (χ1) is 7.31. The first-order valence-electron chi connectivity index (χ1n) is 5.14. The molecule has 1 fully saturated rings. The average Bonchev–Trinajstić information content (AvgIpc) is 2.86. The van der Waals surface area contributed by atoms with E-state index in [2.05, 4.69) is 20.2 Å². The Bertz CT molecular complexity index is 351. The van der Waals surface area contributed by atoms with Crippen molar-refractivity contribution in [2.24, 2.45) is 0 Å². The van der Waals surface area contributed by atoms with Crippen LogP contribution in [0.25, 0.3) is 0 Å². The molecule has 1 aromatic rings. The second kappa shape index (κ2) is 6.12. The molecule has 1 aliphatic heterocycles. The Hall–Kier alpha value is -0.720. The Morgan fingerprint density at radius 1 is 1.69 bits per heavy atom. The van der Waals surface area contributed by atoms with E-state index in [0.717, 1.165) is 31.6 Å².